The van der Waals surface area contributed by atoms with E-state index in [1.807, 2.05) is 27.7 Å². The monoisotopic (exact) mass is 317 g/mol. The van der Waals surface area contributed by atoms with Crippen LogP contribution in [0.15, 0.2) is 4.99 Å². The molecule has 0 spiro atoms. The molecule has 7 heteroatoms. The summed E-state index contributed by atoms with van der Waals surface area (Å²) in [6, 6.07) is 0.186. The molecule has 1 N–H and O–H groups in total. The van der Waals surface area contributed by atoms with E-state index in [2.05, 4.69) is 10.3 Å². The average Bonchev–Trinajstić information content (AvgIpc) is 2.34. The van der Waals surface area contributed by atoms with Crippen molar-refractivity contribution in [3.63, 3.8) is 0 Å². The first-order chi connectivity index (χ1) is 9.67. The largest absolute Gasteiger partial charge is 0.444 e. The average molecular weight is 317 g/mol. The summed E-state index contributed by atoms with van der Waals surface area (Å²) in [7, 11) is -0.783. The fourth-order valence-corrected chi connectivity index (χ4v) is 2.57. The van der Waals surface area contributed by atoms with Crippen LogP contribution in [-0.4, -0.2) is 64.3 Å². The Balaban J connectivity index is 2.46. The first-order valence-electron chi connectivity index (χ1n) is 7.25. The molecule has 0 saturated carbocycles. The first kappa shape index (κ1) is 17.9. The van der Waals surface area contributed by atoms with E-state index < -0.39 is 16.4 Å². The van der Waals surface area contributed by atoms with Gasteiger partial charge in [0.05, 0.1) is 13.1 Å². The number of carbonyl (C=O) groups is 1. The van der Waals surface area contributed by atoms with Crippen molar-refractivity contribution < 1.29 is 13.7 Å². The van der Waals surface area contributed by atoms with Gasteiger partial charge in [-0.3, -0.25) is 14.1 Å². The van der Waals surface area contributed by atoms with E-state index in [1.54, 1.807) is 11.2 Å². The normalized spacial score (nSPS) is 18.7. The van der Waals surface area contributed by atoms with Crippen molar-refractivity contribution in [1.29, 1.82) is 0 Å². The van der Waals surface area contributed by atoms with Crippen LogP contribution in [0.1, 0.15) is 34.1 Å². The maximum absolute atomic E-state index is 12.0. The highest BCUT2D eigenvalue weighted by atomic mass is 32.2. The standard InChI is InChI=1S/C14H27N3O3S/c1-11(6-9-21(5)19)16-12-10-17(8-7-15-12)13(18)20-14(2,3)4/h11H,6-10H2,1-5H3,(H,15,16). The molecule has 1 rings (SSSR count). The molecule has 0 fully saturated rings. The molecule has 2 atom stereocenters. The Morgan fingerprint density at radius 3 is 2.76 bits per heavy atom. The molecule has 1 amide bonds. The van der Waals surface area contributed by atoms with Crippen LogP contribution in [0.3, 0.4) is 0 Å². The SMILES string of the molecule is CC(CCS(C)=O)NC1=NCCN(C(=O)OC(C)(C)C)C1. The van der Waals surface area contributed by atoms with Gasteiger partial charge in [-0.15, -0.1) is 0 Å². The van der Waals surface area contributed by atoms with E-state index in [0.29, 0.717) is 25.4 Å². The Hall–Kier alpha value is -1.11. The zero-order valence-electron chi connectivity index (χ0n) is 13.6. The Morgan fingerprint density at radius 2 is 2.19 bits per heavy atom. The number of ether oxygens (including phenoxy) is 1. The second-order valence-electron chi connectivity index (χ2n) is 6.34. The predicted octanol–water partition coefficient (Wildman–Crippen LogP) is 1.38. The lowest BCUT2D eigenvalue weighted by Gasteiger charge is -2.30. The van der Waals surface area contributed by atoms with Gasteiger partial charge < -0.3 is 10.1 Å². The molecule has 0 aromatic rings. The molecule has 0 radical (unpaired) electrons. The Bertz CT molecular complexity index is 418. The van der Waals surface area contributed by atoms with Crippen LogP contribution in [-0.2, 0) is 15.5 Å². The molecule has 0 aliphatic carbocycles. The second kappa shape index (κ2) is 7.77. The molecule has 1 aliphatic rings. The number of nitrogens with one attached hydrogen (secondary N) is 1. The zero-order valence-corrected chi connectivity index (χ0v) is 14.5. The minimum Gasteiger partial charge on any atom is -0.444 e. The van der Waals surface area contributed by atoms with Gasteiger partial charge >= 0.3 is 6.09 Å². The van der Waals surface area contributed by atoms with Crippen molar-refractivity contribution in [2.24, 2.45) is 4.99 Å². The van der Waals surface area contributed by atoms with Crippen LogP contribution in [0.2, 0.25) is 0 Å². The summed E-state index contributed by atoms with van der Waals surface area (Å²) in [5.41, 5.74) is -0.488. The number of hydrogen-bond acceptors (Lipinski definition) is 5. The Labute approximate surface area is 129 Å². The number of amidine groups is 1. The van der Waals surface area contributed by atoms with Crippen molar-refractivity contribution >= 4 is 22.7 Å². The second-order valence-corrected chi connectivity index (χ2v) is 7.90. The van der Waals surface area contributed by atoms with Crippen LogP contribution < -0.4 is 5.32 Å². The molecular weight excluding hydrogens is 290 g/mol. The molecule has 0 aromatic carbocycles. The van der Waals surface area contributed by atoms with Crippen molar-refractivity contribution in [2.45, 2.75) is 45.8 Å². The van der Waals surface area contributed by atoms with Gasteiger partial charge in [-0.05, 0) is 34.1 Å². The third-order valence-electron chi connectivity index (χ3n) is 2.92. The molecular formula is C14H27N3O3S. The van der Waals surface area contributed by atoms with Gasteiger partial charge in [0.15, 0.2) is 0 Å². The summed E-state index contributed by atoms with van der Waals surface area (Å²) < 4.78 is 16.5. The Kier molecular flexibility index (Phi) is 6.64. The van der Waals surface area contributed by atoms with E-state index in [9.17, 15) is 9.00 Å². The zero-order chi connectivity index (χ0) is 16.0. The third kappa shape index (κ3) is 7.45. The summed E-state index contributed by atoms with van der Waals surface area (Å²) in [6.45, 7) is 9.19. The number of hydrogen-bond donors (Lipinski definition) is 1. The molecule has 0 aromatic heterocycles. The summed E-state index contributed by atoms with van der Waals surface area (Å²) in [4.78, 5) is 18.1. The molecule has 0 bridgehead atoms. The minimum absolute atomic E-state index is 0.186. The number of rotatable bonds is 4. The smallest absolute Gasteiger partial charge is 0.410 e. The van der Waals surface area contributed by atoms with Gasteiger partial charge in [0.1, 0.15) is 11.4 Å². The van der Waals surface area contributed by atoms with Crippen molar-refractivity contribution in [3.8, 4) is 0 Å². The predicted molar refractivity (Wildman–Crippen MR) is 86.3 cm³/mol. The summed E-state index contributed by atoms with van der Waals surface area (Å²) in [5, 5.41) is 3.29. The molecule has 21 heavy (non-hydrogen) atoms. The lowest BCUT2D eigenvalue weighted by molar-refractivity contribution is 0.0276. The lowest BCUT2D eigenvalue weighted by Crippen LogP contribution is -2.49. The quantitative estimate of drug-likeness (QED) is 0.850. The number of aliphatic imine (C=N–C) groups is 1. The lowest BCUT2D eigenvalue weighted by atomic mass is 10.2. The molecule has 1 aliphatic heterocycles. The van der Waals surface area contributed by atoms with Crippen LogP contribution in [0.25, 0.3) is 0 Å². The molecule has 2 unspecified atom stereocenters. The van der Waals surface area contributed by atoms with E-state index in [4.69, 9.17) is 4.74 Å². The van der Waals surface area contributed by atoms with Gasteiger partial charge in [0.2, 0.25) is 0 Å². The number of nitrogens with zero attached hydrogens (tertiary/aromatic N) is 2. The highest BCUT2D eigenvalue weighted by Crippen LogP contribution is 2.11. The summed E-state index contributed by atoms with van der Waals surface area (Å²) in [5.74, 6) is 1.46. The topological polar surface area (TPSA) is 71.0 Å². The van der Waals surface area contributed by atoms with E-state index in [-0.39, 0.29) is 12.1 Å². The van der Waals surface area contributed by atoms with Crippen molar-refractivity contribution in [1.82, 2.24) is 10.2 Å². The van der Waals surface area contributed by atoms with Crippen LogP contribution in [0, 0.1) is 0 Å². The molecule has 122 valence electrons. The van der Waals surface area contributed by atoms with Crippen LogP contribution >= 0.6 is 0 Å². The van der Waals surface area contributed by atoms with Crippen LogP contribution in [0.4, 0.5) is 4.79 Å². The van der Waals surface area contributed by atoms with E-state index in [0.717, 1.165) is 12.3 Å². The summed E-state index contributed by atoms with van der Waals surface area (Å²) in [6.07, 6.45) is 2.21. The van der Waals surface area contributed by atoms with Gasteiger partial charge in [0, 0.05) is 35.4 Å². The molecule has 1 heterocycles. The van der Waals surface area contributed by atoms with Gasteiger partial charge in [-0.25, -0.2) is 4.79 Å². The van der Waals surface area contributed by atoms with E-state index >= 15 is 0 Å². The fraction of sp³-hybridized carbons (Fsp3) is 0.857. The van der Waals surface area contributed by atoms with E-state index in [1.165, 1.54) is 0 Å². The number of amides is 1. The number of carbonyl (C=O) groups excluding carboxylic acids is 1. The van der Waals surface area contributed by atoms with Gasteiger partial charge in [-0.2, -0.15) is 0 Å². The van der Waals surface area contributed by atoms with Gasteiger partial charge in [-0.1, -0.05) is 0 Å². The maximum Gasteiger partial charge on any atom is 0.410 e. The maximum atomic E-state index is 12.0. The van der Waals surface area contributed by atoms with Gasteiger partial charge in [0.25, 0.3) is 0 Å². The van der Waals surface area contributed by atoms with Crippen molar-refractivity contribution in [2.75, 3.05) is 31.6 Å². The molecule has 0 saturated heterocycles. The van der Waals surface area contributed by atoms with Crippen LogP contribution in [0.5, 0.6) is 0 Å². The fourth-order valence-electron chi connectivity index (χ4n) is 1.89. The molecule has 6 nitrogen and oxygen atoms in total. The Morgan fingerprint density at radius 1 is 1.52 bits per heavy atom. The first-order valence-corrected chi connectivity index (χ1v) is 8.98. The summed E-state index contributed by atoms with van der Waals surface area (Å²) >= 11 is 0. The minimum atomic E-state index is -0.783. The highest BCUT2D eigenvalue weighted by Gasteiger charge is 2.25. The van der Waals surface area contributed by atoms with Crippen molar-refractivity contribution in [3.05, 3.63) is 0 Å². The highest BCUT2D eigenvalue weighted by molar-refractivity contribution is 7.84. The third-order valence-corrected chi connectivity index (χ3v) is 3.73.